The quantitative estimate of drug-likeness (QED) is 0.785. The Bertz CT molecular complexity index is 329. The van der Waals surface area contributed by atoms with Gasteiger partial charge in [0.2, 0.25) is 0 Å². The van der Waals surface area contributed by atoms with Crippen LogP contribution >= 0.6 is 0 Å². The summed E-state index contributed by atoms with van der Waals surface area (Å²) in [6, 6.07) is 4.92. The summed E-state index contributed by atoms with van der Waals surface area (Å²) in [6.07, 6.45) is -2.43. The number of hydrogen-bond acceptors (Lipinski definition) is 2. The first kappa shape index (κ1) is 13.8. The molecule has 96 valence electrons. The van der Waals surface area contributed by atoms with Crippen LogP contribution in [0.3, 0.4) is 0 Å². The molecule has 1 rings (SSSR count). The molecule has 1 atom stereocenters. The molecule has 1 aromatic rings. The molecule has 0 bridgehead atoms. The molecule has 17 heavy (non-hydrogen) atoms. The van der Waals surface area contributed by atoms with Gasteiger partial charge in [-0.1, -0.05) is 12.1 Å². The Labute approximate surface area is 96.6 Å². The van der Waals surface area contributed by atoms with Crippen molar-refractivity contribution in [2.45, 2.75) is 32.5 Å². The molecular formula is C11H13F4NO. The first-order valence-electron chi connectivity index (χ1n) is 5.04. The molecule has 1 unspecified atom stereocenters. The summed E-state index contributed by atoms with van der Waals surface area (Å²) < 4.78 is 52.2. The molecule has 0 saturated carbocycles. The highest BCUT2D eigenvalue weighted by atomic mass is 19.3. The smallest absolute Gasteiger partial charge is 0.387 e. The molecule has 0 spiro atoms. The van der Waals surface area contributed by atoms with Crippen LogP contribution in [0.25, 0.3) is 0 Å². The Kier molecular flexibility index (Phi) is 5.21. The fourth-order valence-corrected chi connectivity index (χ4v) is 1.16. The molecule has 0 amide bonds. The van der Waals surface area contributed by atoms with Crippen molar-refractivity contribution in [2.75, 3.05) is 0 Å². The van der Waals surface area contributed by atoms with Gasteiger partial charge in [0.05, 0.1) is 6.04 Å². The molecule has 1 N–H and O–H groups in total. The van der Waals surface area contributed by atoms with Crippen molar-refractivity contribution < 1.29 is 22.3 Å². The predicted octanol–water partition coefficient (Wildman–Crippen LogP) is 3.03. The minimum atomic E-state index is -2.86. The van der Waals surface area contributed by atoms with Crippen molar-refractivity contribution in [2.24, 2.45) is 0 Å². The van der Waals surface area contributed by atoms with Crippen molar-refractivity contribution in [3.8, 4) is 5.75 Å². The van der Waals surface area contributed by atoms with Gasteiger partial charge in [-0.25, -0.2) is 8.78 Å². The van der Waals surface area contributed by atoms with E-state index in [1.165, 1.54) is 19.1 Å². The minimum absolute atomic E-state index is 0.0469. The standard InChI is InChI=1S/C11H13F4NO/c1-7(10(12)13)16-6-8-2-4-9(5-3-8)17-11(14)15/h2-5,7,10-11,16H,6H2,1H3. The van der Waals surface area contributed by atoms with Gasteiger partial charge < -0.3 is 10.1 Å². The average Bonchev–Trinajstić information content (AvgIpc) is 2.26. The number of halogens is 4. The van der Waals surface area contributed by atoms with Gasteiger partial charge in [0, 0.05) is 6.54 Å². The van der Waals surface area contributed by atoms with E-state index in [-0.39, 0.29) is 12.3 Å². The highest BCUT2D eigenvalue weighted by Gasteiger charge is 2.13. The van der Waals surface area contributed by atoms with Crippen molar-refractivity contribution >= 4 is 0 Å². The lowest BCUT2D eigenvalue weighted by atomic mass is 10.2. The molecule has 0 aliphatic rings. The van der Waals surface area contributed by atoms with E-state index in [1.54, 1.807) is 12.1 Å². The maximum atomic E-state index is 12.2. The summed E-state index contributed by atoms with van der Waals surface area (Å²) in [4.78, 5) is 0. The van der Waals surface area contributed by atoms with Crippen LogP contribution in [0.5, 0.6) is 5.75 Å². The Morgan fingerprint density at radius 3 is 2.18 bits per heavy atom. The molecule has 0 heterocycles. The third kappa shape index (κ3) is 5.04. The molecule has 6 heteroatoms. The zero-order valence-electron chi connectivity index (χ0n) is 9.17. The number of hydrogen-bond donors (Lipinski definition) is 1. The zero-order valence-corrected chi connectivity index (χ0v) is 9.17. The van der Waals surface area contributed by atoms with Crippen molar-refractivity contribution in [3.05, 3.63) is 29.8 Å². The monoisotopic (exact) mass is 251 g/mol. The van der Waals surface area contributed by atoms with Crippen LogP contribution in [0.4, 0.5) is 17.6 Å². The normalized spacial score (nSPS) is 13.1. The molecule has 0 aromatic heterocycles. The lowest BCUT2D eigenvalue weighted by Gasteiger charge is -2.12. The molecule has 1 aromatic carbocycles. The van der Waals surface area contributed by atoms with Crippen LogP contribution in [-0.4, -0.2) is 19.1 Å². The summed E-state index contributed by atoms with van der Waals surface area (Å²) in [5, 5.41) is 2.62. The second-order valence-electron chi connectivity index (χ2n) is 3.53. The number of rotatable bonds is 6. The van der Waals surface area contributed by atoms with E-state index in [2.05, 4.69) is 10.1 Å². The first-order valence-corrected chi connectivity index (χ1v) is 5.04. The van der Waals surface area contributed by atoms with Crippen LogP contribution in [0, 0.1) is 0 Å². The number of alkyl halides is 4. The Balaban J connectivity index is 2.45. The SMILES string of the molecule is CC(NCc1ccc(OC(F)F)cc1)C(F)F. The molecule has 2 nitrogen and oxygen atoms in total. The summed E-state index contributed by atoms with van der Waals surface area (Å²) in [7, 11) is 0. The maximum absolute atomic E-state index is 12.2. The fourth-order valence-electron chi connectivity index (χ4n) is 1.16. The lowest BCUT2D eigenvalue weighted by Crippen LogP contribution is -2.31. The number of nitrogens with one attached hydrogen (secondary N) is 1. The number of benzene rings is 1. The summed E-state index contributed by atoms with van der Waals surface area (Å²) in [6.45, 7) is -1.24. The maximum Gasteiger partial charge on any atom is 0.387 e. The van der Waals surface area contributed by atoms with Crippen molar-refractivity contribution in [1.82, 2.24) is 5.32 Å². The van der Waals surface area contributed by atoms with E-state index in [9.17, 15) is 17.6 Å². The van der Waals surface area contributed by atoms with Gasteiger partial charge in [0.25, 0.3) is 6.43 Å². The van der Waals surface area contributed by atoms with Crippen LogP contribution in [0.2, 0.25) is 0 Å². The zero-order chi connectivity index (χ0) is 12.8. The van der Waals surface area contributed by atoms with Gasteiger partial charge in [-0.2, -0.15) is 8.78 Å². The van der Waals surface area contributed by atoms with Crippen LogP contribution in [0.1, 0.15) is 12.5 Å². The van der Waals surface area contributed by atoms with Gasteiger partial charge in [0.15, 0.2) is 0 Å². The highest BCUT2D eigenvalue weighted by molar-refractivity contribution is 5.27. The third-order valence-electron chi connectivity index (χ3n) is 2.15. The van der Waals surface area contributed by atoms with Gasteiger partial charge in [-0.3, -0.25) is 0 Å². The van der Waals surface area contributed by atoms with Crippen molar-refractivity contribution in [3.63, 3.8) is 0 Å². The molecule has 0 radical (unpaired) electrons. The first-order chi connectivity index (χ1) is 7.99. The van der Waals surface area contributed by atoms with Gasteiger partial charge in [-0.15, -0.1) is 0 Å². The lowest BCUT2D eigenvalue weighted by molar-refractivity contribution is -0.0498. The second kappa shape index (κ2) is 6.44. The van der Waals surface area contributed by atoms with E-state index in [0.29, 0.717) is 0 Å². The third-order valence-corrected chi connectivity index (χ3v) is 2.15. The molecule has 0 aliphatic heterocycles. The largest absolute Gasteiger partial charge is 0.435 e. The highest BCUT2D eigenvalue weighted by Crippen LogP contribution is 2.15. The van der Waals surface area contributed by atoms with Crippen LogP contribution < -0.4 is 10.1 Å². The summed E-state index contributed by atoms with van der Waals surface area (Å²) in [5.74, 6) is 0.0469. The molecule has 0 fully saturated rings. The molecular weight excluding hydrogens is 238 g/mol. The number of ether oxygens (including phenoxy) is 1. The Hall–Kier alpha value is -1.30. The second-order valence-corrected chi connectivity index (χ2v) is 3.53. The van der Waals surface area contributed by atoms with Crippen molar-refractivity contribution in [1.29, 1.82) is 0 Å². The molecule has 0 aliphatic carbocycles. The van der Waals surface area contributed by atoms with Crippen LogP contribution in [0.15, 0.2) is 24.3 Å². The average molecular weight is 251 g/mol. The van der Waals surface area contributed by atoms with E-state index in [0.717, 1.165) is 5.56 Å². The van der Waals surface area contributed by atoms with Gasteiger partial charge in [-0.05, 0) is 24.6 Å². The topological polar surface area (TPSA) is 21.3 Å². The minimum Gasteiger partial charge on any atom is -0.435 e. The summed E-state index contributed by atoms with van der Waals surface area (Å²) in [5.41, 5.74) is 0.721. The van der Waals surface area contributed by atoms with E-state index < -0.39 is 19.1 Å². The van der Waals surface area contributed by atoms with Gasteiger partial charge >= 0.3 is 6.61 Å². The summed E-state index contributed by atoms with van der Waals surface area (Å²) >= 11 is 0. The van der Waals surface area contributed by atoms with Crippen LogP contribution in [-0.2, 0) is 6.54 Å². The fraction of sp³-hybridized carbons (Fsp3) is 0.455. The van der Waals surface area contributed by atoms with E-state index in [1.807, 2.05) is 0 Å². The Morgan fingerprint density at radius 2 is 1.71 bits per heavy atom. The van der Waals surface area contributed by atoms with Gasteiger partial charge in [0.1, 0.15) is 5.75 Å². The molecule has 0 saturated heterocycles. The predicted molar refractivity (Wildman–Crippen MR) is 55.4 cm³/mol. The Morgan fingerprint density at radius 1 is 1.12 bits per heavy atom. The van der Waals surface area contributed by atoms with E-state index >= 15 is 0 Å². The van der Waals surface area contributed by atoms with E-state index in [4.69, 9.17) is 0 Å².